The average Bonchev–Trinajstić information content (AvgIpc) is 3.79. The van der Waals surface area contributed by atoms with Crippen molar-refractivity contribution in [3.8, 4) is 11.1 Å². The van der Waals surface area contributed by atoms with Crippen LogP contribution in [0.4, 0.5) is 15.9 Å². The summed E-state index contributed by atoms with van der Waals surface area (Å²) in [6.07, 6.45) is 5.05. The first-order chi connectivity index (χ1) is 18.9. The standard InChI is InChI=1S/C29H30FN5O4/c30-24-6-1-20(2-7-24)18-34-13-10-19(11-14-34)17-32-28(36)23-5-8-25(26(15-23)35(38)39)22-9-12-31-27(16-22)33-29(37)21-3-4-21/h1-2,5-9,12,15-16,19,21H,3-4,10-11,13-14,17-18H2,(H,32,36)(H,31,33,37). The first kappa shape index (κ1) is 26.4. The van der Waals surface area contributed by atoms with Crippen molar-refractivity contribution in [2.45, 2.75) is 32.2 Å². The molecule has 9 nitrogen and oxygen atoms in total. The van der Waals surface area contributed by atoms with Crippen LogP contribution >= 0.6 is 0 Å². The molecule has 5 rings (SSSR count). The van der Waals surface area contributed by atoms with E-state index in [9.17, 15) is 24.1 Å². The zero-order chi connectivity index (χ0) is 27.4. The van der Waals surface area contributed by atoms with Crippen LogP contribution in [-0.4, -0.2) is 46.3 Å². The molecule has 202 valence electrons. The summed E-state index contributed by atoms with van der Waals surface area (Å²) in [5.41, 5.74) is 1.97. The van der Waals surface area contributed by atoms with Gasteiger partial charge in [0.05, 0.1) is 10.5 Å². The van der Waals surface area contributed by atoms with E-state index in [1.54, 1.807) is 36.4 Å². The second-order valence-corrected chi connectivity index (χ2v) is 10.2. The number of halogens is 1. The number of carbonyl (C=O) groups excluding carboxylic acids is 2. The van der Waals surface area contributed by atoms with Crippen LogP contribution in [0, 0.1) is 27.8 Å². The highest BCUT2D eigenvalue weighted by Gasteiger charge is 2.30. The van der Waals surface area contributed by atoms with E-state index in [1.807, 2.05) is 0 Å². The number of amides is 2. The third-order valence-electron chi connectivity index (χ3n) is 7.30. The van der Waals surface area contributed by atoms with Gasteiger partial charge in [-0.05, 0) is 92.2 Å². The summed E-state index contributed by atoms with van der Waals surface area (Å²) in [7, 11) is 0. The first-order valence-electron chi connectivity index (χ1n) is 13.2. The predicted molar refractivity (Wildman–Crippen MR) is 144 cm³/mol. The number of carbonyl (C=O) groups is 2. The van der Waals surface area contributed by atoms with Gasteiger partial charge in [-0.15, -0.1) is 0 Å². The van der Waals surface area contributed by atoms with E-state index in [0.29, 0.717) is 29.4 Å². The van der Waals surface area contributed by atoms with Crippen LogP contribution in [0.5, 0.6) is 0 Å². The summed E-state index contributed by atoms with van der Waals surface area (Å²) < 4.78 is 13.1. The van der Waals surface area contributed by atoms with E-state index < -0.39 is 4.92 Å². The van der Waals surface area contributed by atoms with Gasteiger partial charge >= 0.3 is 0 Å². The lowest BCUT2D eigenvalue weighted by Crippen LogP contribution is -2.38. The number of nitro benzene ring substituents is 1. The summed E-state index contributed by atoms with van der Waals surface area (Å²) in [6.45, 7) is 3.02. The monoisotopic (exact) mass is 531 g/mol. The number of anilines is 1. The Balaban J connectivity index is 1.18. The highest BCUT2D eigenvalue weighted by molar-refractivity contribution is 5.96. The van der Waals surface area contributed by atoms with E-state index in [-0.39, 0.29) is 34.8 Å². The number of pyridine rings is 1. The summed E-state index contributed by atoms with van der Waals surface area (Å²) in [5, 5.41) is 17.6. The molecular formula is C29H30FN5O4. The molecule has 1 aromatic heterocycles. The number of hydrogen-bond donors (Lipinski definition) is 2. The molecule has 0 unspecified atom stereocenters. The fraction of sp³-hybridized carbons (Fsp3) is 0.345. The second-order valence-electron chi connectivity index (χ2n) is 10.2. The number of likely N-dealkylation sites (tertiary alicyclic amines) is 1. The molecule has 39 heavy (non-hydrogen) atoms. The highest BCUT2D eigenvalue weighted by atomic mass is 19.1. The molecule has 1 aliphatic heterocycles. The molecule has 2 aliphatic rings. The fourth-order valence-electron chi connectivity index (χ4n) is 4.84. The van der Waals surface area contributed by atoms with E-state index >= 15 is 0 Å². The SMILES string of the molecule is O=C(NCC1CCN(Cc2ccc(F)cc2)CC1)c1ccc(-c2ccnc(NC(=O)C3CC3)c2)c([N+](=O)[O-])c1. The smallest absolute Gasteiger partial charge is 0.277 e. The first-order valence-corrected chi connectivity index (χ1v) is 13.2. The van der Waals surface area contributed by atoms with Gasteiger partial charge in [0.15, 0.2) is 0 Å². The van der Waals surface area contributed by atoms with E-state index in [0.717, 1.165) is 50.9 Å². The van der Waals surface area contributed by atoms with Gasteiger partial charge in [0.2, 0.25) is 5.91 Å². The molecule has 2 N–H and O–H groups in total. The Bertz CT molecular complexity index is 1370. The van der Waals surface area contributed by atoms with Gasteiger partial charge in [0.1, 0.15) is 11.6 Å². The Morgan fingerprint density at radius 2 is 1.77 bits per heavy atom. The number of nitrogens with one attached hydrogen (secondary N) is 2. The van der Waals surface area contributed by atoms with Crippen LogP contribution in [-0.2, 0) is 11.3 Å². The Morgan fingerprint density at radius 1 is 1.03 bits per heavy atom. The third-order valence-corrected chi connectivity index (χ3v) is 7.30. The number of nitro groups is 1. The van der Waals surface area contributed by atoms with Crippen LogP contribution < -0.4 is 10.6 Å². The second kappa shape index (κ2) is 11.7. The van der Waals surface area contributed by atoms with Gasteiger partial charge < -0.3 is 10.6 Å². The Kier molecular flexibility index (Phi) is 7.92. The lowest BCUT2D eigenvalue weighted by atomic mass is 9.96. The molecule has 0 atom stereocenters. The molecule has 10 heteroatoms. The van der Waals surface area contributed by atoms with Crippen LogP contribution in [0.15, 0.2) is 60.8 Å². The quantitative estimate of drug-likeness (QED) is 0.303. The van der Waals surface area contributed by atoms with Crippen LogP contribution in [0.1, 0.15) is 41.6 Å². The molecule has 2 fully saturated rings. The van der Waals surface area contributed by atoms with Crippen molar-refractivity contribution in [1.29, 1.82) is 0 Å². The van der Waals surface area contributed by atoms with Crippen molar-refractivity contribution in [3.63, 3.8) is 0 Å². The number of nitrogens with zero attached hydrogens (tertiary/aromatic N) is 3. The van der Waals surface area contributed by atoms with E-state index in [2.05, 4.69) is 20.5 Å². The molecule has 1 aliphatic carbocycles. The third kappa shape index (κ3) is 6.83. The van der Waals surface area contributed by atoms with Crippen LogP contribution in [0.25, 0.3) is 11.1 Å². The minimum Gasteiger partial charge on any atom is -0.352 e. The maximum atomic E-state index is 13.1. The maximum absolute atomic E-state index is 13.1. The molecule has 1 saturated heterocycles. The largest absolute Gasteiger partial charge is 0.352 e. The zero-order valence-electron chi connectivity index (χ0n) is 21.4. The molecule has 1 saturated carbocycles. The number of benzene rings is 2. The van der Waals surface area contributed by atoms with Gasteiger partial charge in [0.25, 0.3) is 11.6 Å². The van der Waals surface area contributed by atoms with Crippen molar-refractivity contribution in [1.82, 2.24) is 15.2 Å². The topological polar surface area (TPSA) is 117 Å². The highest BCUT2D eigenvalue weighted by Crippen LogP contribution is 2.33. The molecule has 0 radical (unpaired) electrons. The molecule has 3 aromatic rings. The average molecular weight is 532 g/mol. The van der Waals surface area contributed by atoms with E-state index in [4.69, 9.17) is 0 Å². The van der Waals surface area contributed by atoms with Gasteiger partial charge in [0, 0.05) is 36.8 Å². The molecular weight excluding hydrogens is 501 g/mol. The minimum atomic E-state index is -0.508. The number of piperidine rings is 1. The summed E-state index contributed by atoms with van der Waals surface area (Å²) in [6, 6.07) is 14.2. The van der Waals surface area contributed by atoms with Gasteiger partial charge in [-0.1, -0.05) is 12.1 Å². The summed E-state index contributed by atoms with van der Waals surface area (Å²) in [4.78, 5) is 42.8. The Morgan fingerprint density at radius 3 is 2.46 bits per heavy atom. The number of rotatable bonds is 9. The van der Waals surface area contributed by atoms with Crippen molar-refractivity contribution >= 4 is 23.3 Å². The normalized spacial score (nSPS) is 16.0. The summed E-state index contributed by atoms with van der Waals surface area (Å²) >= 11 is 0. The maximum Gasteiger partial charge on any atom is 0.277 e. The van der Waals surface area contributed by atoms with Gasteiger partial charge in [-0.2, -0.15) is 0 Å². The van der Waals surface area contributed by atoms with Gasteiger partial charge in [-0.3, -0.25) is 24.6 Å². The lowest BCUT2D eigenvalue weighted by Gasteiger charge is -2.32. The van der Waals surface area contributed by atoms with Crippen molar-refractivity contribution < 1.29 is 18.9 Å². The fourth-order valence-corrected chi connectivity index (χ4v) is 4.84. The number of hydrogen-bond acceptors (Lipinski definition) is 6. The van der Waals surface area contributed by atoms with Crippen molar-refractivity contribution in [2.24, 2.45) is 11.8 Å². The minimum absolute atomic E-state index is 0.0107. The molecule has 0 spiro atoms. The predicted octanol–water partition coefficient (Wildman–Crippen LogP) is 4.79. The van der Waals surface area contributed by atoms with Crippen molar-refractivity contribution in [2.75, 3.05) is 25.0 Å². The lowest BCUT2D eigenvalue weighted by molar-refractivity contribution is -0.384. The molecule has 2 amide bonds. The summed E-state index contributed by atoms with van der Waals surface area (Å²) in [5.74, 6) is -0.0337. The molecule has 0 bridgehead atoms. The zero-order valence-corrected chi connectivity index (χ0v) is 21.4. The van der Waals surface area contributed by atoms with Crippen molar-refractivity contribution in [3.05, 3.63) is 87.9 Å². The van der Waals surface area contributed by atoms with Gasteiger partial charge in [-0.25, -0.2) is 9.37 Å². The van der Waals surface area contributed by atoms with Crippen LogP contribution in [0.3, 0.4) is 0 Å². The van der Waals surface area contributed by atoms with E-state index in [1.165, 1.54) is 24.4 Å². The van der Waals surface area contributed by atoms with Crippen LogP contribution in [0.2, 0.25) is 0 Å². The molecule has 2 heterocycles. The Hall–Kier alpha value is -4.18. The number of aromatic nitrogens is 1. The molecule has 2 aromatic carbocycles. The Labute approximate surface area is 225 Å².